The fraction of sp³-hybridized carbons (Fsp3) is 0.304. The zero-order valence-corrected chi connectivity index (χ0v) is 20.7. The third kappa shape index (κ3) is 4.86. The normalized spacial score (nSPS) is 14.6. The van der Waals surface area contributed by atoms with Crippen LogP contribution >= 0.6 is 11.3 Å². The molecule has 0 spiro atoms. The summed E-state index contributed by atoms with van der Waals surface area (Å²) in [7, 11) is 1.04. The number of hydrogen-bond acceptors (Lipinski definition) is 8. The summed E-state index contributed by atoms with van der Waals surface area (Å²) in [5.41, 5.74) is 1.31. The van der Waals surface area contributed by atoms with Crippen LogP contribution in [0.5, 0.6) is 17.2 Å². The molecule has 2 heterocycles. The SMILES string of the molecule is COc1cc(C=CC(=O)Nc2nc3ccc(S(=O)(=O)N4CCCC4)cc3s2)cc(OC)c1OC. The van der Waals surface area contributed by atoms with Gasteiger partial charge in [-0.25, -0.2) is 13.4 Å². The van der Waals surface area contributed by atoms with Gasteiger partial charge in [0.1, 0.15) is 0 Å². The molecule has 1 N–H and O–H groups in total. The summed E-state index contributed by atoms with van der Waals surface area (Å²) < 4.78 is 43.8. The van der Waals surface area contributed by atoms with E-state index in [9.17, 15) is 13.2 Å². The van der Waals surface area contributed by atoms with Crippen LogP contribution in [-0.2, 0) is 14.8 Å². The van der Waals surface area contributed by atoms with E-state index in [2.05, 4.69) is 10.3 Å². The number of sulfonamides is 1. The average Bonchev–Trinajstić information content (AvgIpc) is 3.51. The molecule has 34 heavy (non-hydrogen) atoms. The number of thiazole rings is 1. The number of nitrogens with one attached hydrogen (secondary N) is 1. The van der Waals surface area contributed by atoms with Crippen molar-refractivity contribution >= 4 is 48.7 Å². The van der Waals surface area contributed by atoms with Gasteiger partial charge >= 0.3 is 0 Å². The molecule has 0 bridgehead atoms. The topological polar surface area (TPSA) is 107 Å². The van der Waals surface area contributed by atoms with Gasteiger partial charge < -0.3 is 14.2 Å². The lowest BCUT2D eigenvalue weighted by molar-refractivity contribution is -0.111. The zero-order chi connectivity index (χ0) is 24.3. The van der Waals surface area contributed by atoms with E-state index < -0.39 is 10.0 Å². The number of benzene rings is 2. The van der Waals surface area contributed by atoms with Crippen molar-refractivity contribution in [1.82, 2.24) is 9.29 Å². The van der Waals surface area contributed by atoms with Gasteiger partial charge in [-0.05, 0) is 54.8 Å². The van der Waals surface area contributed by atoms with Crippen LogP contribution in [0, 0.1) is 0 Å². The Morgan fingerprint density at radius 3 is 2.35 bits per heavy atom. The number of carbonyl (C=O) groups is 1. The van der Waals surface area contributed by atoms with Gasteiger partial charge in [0.25, 0.3) is 0 Å². The van der Waals surface area contributed by atoms with E-state index in [0.717, 1.165) is 12.8 Å². The average molecular weight is 504 g/mol. The second-order valence-electron chi connectivity index (χ2n) is 7.54. The number of nitrogens with zero attached hydrogens (tertiary/aromatic N) is 2. The maximum absolute atomic E-state index is 12.8. The molecule has 180 valence electrons. The number of hydrogen-bond donors (Lipinski definition) is 1. The molecule has 0 unspecified atom stereocenters. The molecule has 0 saturated carbocycles. The van der Waals surface area contributed by atoms with E-state index in [-0.39, 0.29) is 10.8 Å². The number of amides is 1. The molecule has 1 fully saturated rings. The van der Waals surface area contributed by atoms with E-state index in [0.29, 0.717) is 51.2 Å². The lowest BCUT2D eigenvalue weighted by atomic mass is 10.1. The molecule has 2 aromatic carbocycles. The molecule has 1 aliphatic rings. The van der Waals surface area contributed by atoms with Crippen molar-refractivity contribution < 1.29 is 27.4 Å². The van der Waals surface area contributed by atoms with Crippen LogP contribution in [0.25, 0.3) is 16.3 Å². The summed E-state index contributed by atoms with van der Waals surface area (Å²) >= 11 is 1.22. The number of ether oxygens (including phenoxy) is 3. The van der Waals surface area contributed by atoms with Crippen molar-refractivity contribution in [3.05, 3.63) is 42.0 Å². The maximum Gasteiger partial charge on any atom is 0.250 e. The summed E-state index contributed by atoms with van der Waals surface area (Å²) in [4.78, 5) is 17.1. The fourth-order valence-corrected chi connectivity index (χ4v) is 6.24. The van der Waals surface area contributed by atoms with E-state index in [1.54, 1.807) is 36.4 Å². The maximum atomic E-state index is 12.8. The number of aromatic nitrogens is 1. The second-order valence-corrected chi connectivity index (χ2v) is 10.5. The first-order valence-corrected chi connectivity index (χ1v) is 12.8. The lowest BCUT2D eigenvalue weighted by Crippen LogP contribution is -2.27. The van der Waals surface area contributed by atoms with Crippen LogP contribution in [0.2, 0.25) is 0 Å². The number of fused-ring (bicyclic) bond motifs is 1. The third-order valence-corrected chi connectivity index (χ3v) is 8.24. The molecule has 9 nitrogen and oxygen atoms in total. The van der Waals surface area contributed by atoms with Gasteiger partial charge in [0.05, 0.1) is 36.4 Å². The second kappa shape index (κ2) is 10.00. The molecule has 1 saturated heterocycles. The van der Waals surface area contributed by atoms with Crippen molar-refractivity contribution in [2.75, 3.05) is 39.7 Å². The summed E-state index contributed by atoms with van der Waals surface area (Å²) in [5.74, 6) is 1.05. The third-order valence-electron chi connectivity index (χ3n) is 5.41. The van der Waals surface area contributed by atoms with Gasteiger partial charge in [0.2, 0.25) is 21.7 Å². The fourth-order valence-electron chi connectivity index (χ4n) is 3.71. The number of anilines is 1. The van der Waals surface area contributed by atoms with Gasteiger partial charge in [-0.2, -0.15) is 4.31 Å². The van der Waals surface area contributed by atoms with Crippen LogP contribution in [0.4, 0.5) is 5.13 Å². The Hall–Kier alpha value is -3.15. The predicted molar refractivity (Wildman–Crippen MR) is 131 cm³/mol. The number of methoxy groups -OCH3 is 3. The molecular weight excluding hydrogens is 478 g/mol. The minimum atomic E-state index is -3.52. The first-order valence-electron chi connectivity index (χ1n) is 10.6. The van der Waals surface area contributed by atoms with Crippen LogP contribution in [0.3, 0.4) is 0 Å². The predicted octanol–water partition coefficient (Wildman–Crippen LogP) is 3.76. The molecule has 1 aliphatic heterocycles. The first kappa shape index (κ1) is 24.0. The summed E-state index contributed by atoms with van der Waals surface area (Å²) in [6, 6.07) is 8.29. The molecule has 0 atom stereocenters. The molecule has 1 aromatic heterocycles. The van der Waals surface area contributed by atoms with E-state index in [1.165, 1.54) is 43.0 Å². The van der Waals surface area contributed by atoms with Crippen molar-refractivity contribution in [2.24, 2.45) is 0 Å². The molecule has 1 amide bonds. The van der Waals surface area contributed by atoms with Crippen molar-refractivity contribution in [1.29, 1.82) is 0 Å². The lowest BCUT2D eigenvalue weighted by Gasteiger charge is -2.15. The number of carbonyl (C=O) groups excluding carboxylic acids is 1. The standard InChI is InChI=1S/C23H25N3O6S2/c1-30-18-12-15(13-19(31-2)22(18)32-3)6-9-21(27)25-23-24-17-8-7-16(14-20(17)33-23)34(28,29)26-10-4-5-11-26/h6-9,12-14H,4-5,10-11H2,1-3H3,(H,24,25,27). The van der Waals surface area contributed by atoms with Gasteiger partial charge in [0, 0.05) is 19.2 Å². The quantitative estimate of drug-likeness (QED) is 0.467. The highest BCUT2D eigenvalue weighted by atomic mass is 32.2. The Balaban J connectivity index is 1.50. The van der Waals surface area contributed by atoms with Crippen LogP contribution < -0.4 is 19.5 Å². The van der Waals surface area contributed by atoms with Gasteiger partial charge in [-0.3, -0.25) is 10.1 Å². The molecule has 11 heteroatoms. The monoisotopic (exact) mass is 503 g/mol. The highest BCUT2D eigenvalue weighted by molar-refractivity contribution is 7.89. The first-order chi connectivity index (χ1) is 16.3. The highest BCUT2D eigenvalue weighted by Crippen LogP contribution is 2.38. The Morgan fingerprint density at radius 1 is 1.06 bits per heavy atom. The smallest absolute Gasteiger partial charge is 0.250 e. The van der Waals surface area contributed by atoms with Crippen molar-refractivity contribution in [2.45, 2.75) is 17.7 Å². The molecule has 3 aromatic rings. The minimum Gasteiger partial charge on any atom is -0.493 e. The Labute approximate surface area is 202 Å². The van der Waals surface area contributed by atoms with Gasteiger partial charge in [0.15, 0.2) is 16.6 Å². The minimum absolute atomic E-state index is 0.241. The van der Waals surface area contributed by atoms with E-state index in [4.69, 9.17) is 14.2 Å². The molecule has 0 radical (unpaired) electrons. The van der Waals surface area contributed by atoms with Crippen LogP contribution in [0.15, 0.2) is 41.3 Å². The molecule has 4 rings (SSSR count). The van der Waals surface area contributed by atoms with Crippen molar-refractivity contribution in [3.63, 3.8) is 0 Å². The summed E-state index contributed by atoms with van der Waals surface area (Å²) in [6.45, 7) is 1.09. The molecular formula is C23H25N3O6S2. The van der Waals surface area contributed by atoms with E-state index in [1.807, 2.05) is 0 Å². The van der Waals surface area contributed by atoms with Gasteiger partial charge in [-0.1, -0.05) is 11.3 Å². The highest BCUT2D eigenvalue weighted by Gasteiger charge is 2.27. The number of rotatable bonds is 8. The van der Waals surface area contributed by atoms with Gasteiger partial charge in [-0.15, -0.1) is 0 Å². The largest absolute Gasteiger partial charge is 0.493 e. The Bertz CT molecular complexity index is 1320. The summed E-state index contributed by atoms with van der Waals surface area (Å²) in [6.07, 6.45) is 4.74. The Morgan fingerprint density at radius 2 is 1.74 bits per heavy atom. The van der Waals surface area contributed by atoms with Crippen LogP contribution in [0.1, 0.15) is 18.4 Å². The summed E-state index contributed by atoms with van der Waals surface area (Å²) in [5, 5.41) is 3.11. The Kier molecular flexibility index (Phi) is 7.05. The van der Waals surface area contributed by atoms with Crippen LogP contribution in [-0.4, -0.2) is 58.0 Å². The zero-order valence-electron chi connectivity index (χ0n) is 19.0. The van der Waals surface area contributed by atoms with E-state index >= 15 is 0 Å². The van der Waals surface area contributed by atoms with Crippen molar-refractivity contribution in [3.8, 4) is 17.2 Å². The molecule has 0 aliphatic carbocycles.